The van der Waals surface area contributed by atoms with Gasteiger partial charge in [0, 0.05) is 24.7 Å². The van der Waals surface area contributed by atoms with Gasteiger partial charge >= 0.3 is 0 Å². The smallest absolute Gasteiger partial charge is 0.256 e. The van der Waals surface area contributed by atoms with Crippen molar-refractivity contribution in [1.29, 1.82) is 0 Å². The molecule has 0 saturated carbocycles. The molecule has 2 heterocycles. The number of carbonyl (C=O) groups excluding carboxylic acids is 2. The molecule has 1 aliphatic carbocycles. The number of hydrogen-bond donors (Lipinski definition) is 2. The lowest BCUT2D eigenvalue weighted by Crippen LogP contribution is -2.45. The van der Waals surface area contributed by atoms with Crippen LogP contribution in [0.4, 0.5) is 5.00 Å². The van der Waals surface area contributed by atoms with Crippen LogP contribution in [0, 0.1) is 0 Å². The Morgan fingerprint density at radius 2 is 2.00 bits per heavy atom. The monoisotopic (exact) mass is 369 g/mol. The second-order valence-electron chi connectivity index (χ2n) is 7.11. The third-order valence-electron chi connectivity index (χ3n) is 5.23. The van der Waals surface area contributed by atoms with E-state index in [0.29, 0.717) is 22.7 Å². The predicted molar refractivity (Wildman–Crippen MR) is 104 cm³/mol. The van der Waals surface area contributed by atoms with E-state index in [2.05, 4.69) is 5.32 Å². The predicted octanol–water partition coefficient (Wildman–Crippen LogP) is 3.05. The van der Waals surface area contributed by atoms with Crippen LogP contribution in [-0.4, -0.2) is 35.8 Å². The number of nitrogens with one attached hydrogen (secondary N) is 1. The maximum absolute atomic E-state index is 12.8. The third kappa shape index (κ3) is 3.39. The minimum absolute atomic E-state index is 0.0378. The minimum Gasteiger partial charge on any atom is -0.337 e. The van der Waals surface area contributed by atoms with Gasteiger partial charge in [-0.05, 0) is 66.8 Å². The van der Waals surface area contributed by atoms with Crippen LogP contribution in [0.3, 0.4) is 0 Å². The molecule has 2 aromatic rings. The fourth-order valence-electron chi connectivity index (χ4n) is 3.83. The van der Waals surface area contributed by atoms with E-state index < -0.39 is 0 Å². The van der Waals surface area contributed by atoms with Gasteiger partial charge in [0.15, 0.2) is 0 Å². The van der Waals surface area contributed by atoms with Crippen LogP contribution < -0.4 is 11.1 Å². The quantitative estimate of drug-likeness (QED) is 0.873. The molecule has 1 unspecified atom stereocenters. The number of rotatable bonds is 3. The van der Waals surface area contributed by atoms with E-state index in [9.17, 15) is 9.59 Å². The maximum Gasteiger partial charge on any atom is 0.256 e. The largest absolute Gasteiger partial charge is 0.337 e. The van der Waals surface area contributed by atoms with Gasteiger partial charge < -0.3 is 16.0 Å². The van der Waals surface area contributed by atoms with Crippen molar-refractivity contribution in [2.75, 3.05) is 18.4 Å². The molecular formula is C20H23N3O2S. The highest BCUT2D eigenvalue weighted by Gasteiger charge is 2.25. The van der Waals surface area contributed by atoms with Crippen molar-refractivity contribution in [2.45, 2.75) is 38.1 Å². The molecule has 0 bridgehead atoms. The van der Waals surface area contributed by atoms with E-state index in [0.717, 1.165) is 38.6 Å². The molecule has 1 fully saturated rings. The summed E-state index contributed by atoms with van der Waals surface area (Å²) in [5, 5.41) is 5.38. The molecule has 2 aliphatic rings. The van der Waals surface area contributed by atoms with E-state index in [4.69, 9.17) is 5.73 Å². The molecule has 5 nitrogen and oxygen atoms in total. The van der Waals surface area contributed by atoms with Gasteiger partial charge in [-0.25, -0.2) is 0 Å². The van der Waals surface area contributed by atoms with Crippen LogP contribution in [-0.2, 0) is 12.8 Å². The number of aryl methyl sites for hydroxylation is 2. The fraction of sp³-hybridized carbons (Fsp3) is 0.400. The molecule has 1 aromatic carbocycles. The lowest BCUT2D eigenvalue weighted by Gasteiger charge is -2.30. The summed E-state index contributed by atoms with van der Waals surface area (Å²) in [6, 6.07) is 7.73. The number of nitrogens with two attached hydrogens (primary N) is 1. The molecule has 26 heavy (non-hydrogen) atoms. The van der Waals surface area contributed by atoms with Gasteiger partial charge in [-0.15, -0.1) is 11.3 Å². The number of thiophene rings is 1. The number of fused-ring (bicyclic) bond motifs is 1. The fourth-order valence-corrected chi connectivity index (χ4v) is 4.60. The Kier molecular flexibility index (Phi) is 4.78. The Hall–Kier alpha value is -2.18. The van der Waals surface area contributed by atoms with Crippen LogP contribution >= 0.6 is 11.3 Å². The number of hydrogen-bond acceptors (Lipinski definition) is 4. The average molecular weight is 369 g/mol. The van der Waals surface area contributed by atoms with Gasteiger partial charge in [-0.1, -0.05) is 6.07 Å². The van der Waals surface area contributed by atoms with Gasteiger partial charge in [0.05, 0.1) is 5.56 Å². The lowest BCUT2D eigenvalue weighted by molar-refractivity contribution is 0.0710. The SMILES string of the molecule is NC1CCCN(C(=O)c2ccsc2NC(=O)c2ccc3c(c2)CCC3)C1. The zero-order valence-corrected chi connectivity index (χ0v) is 15.5. The lowest BCUT2D eigenvalue weighted by atomic mass is 10.1. The summed E-state index contributed by atoms with van der Waals surface area (Å²) in [5.41, 5.74) is 9.81. The molecule has 2 amide bonds. The number of amides is 2. The van der Waals surface area contributed by atoms with Crippen LogP contribution in [0.25, 0.3) is 0 Å². The summed E-state index contributed by atoms with van der Waals surface area (Å²) in [4.78, 5) is 27.3. The highest BCUT2D eigenvalue weighted by atomic mass is 32.1. The first-order valence-electron chi connectivity index (χ1n) is 9.17. The van der Waals surface area contributed by atoms with E-state index in [1.807, 2.05) is 23.6 Å². The van der Waals surface area contributed by atoms with Gasteiger partial charge in [0.1, 0.15) is 5.00 Å². The molecular weight excluding hydrogens is 346 g/mol. The van der Waals surface area contributed by atoms with Crippen molar-refractivity contribution >= 4 is 28.2 Å². The van der Waals surface area contributed by atoms with Gasteiger partial charge in [0.25, 0.3) is 11.8 Å². The van der Waals surface area contributed by atoms with Crippen LogP contribution in [0.5, 0.6) is 0 Å². The Labute approximate surface area is 157 Å². The highest BCUT2D eigenvalue weighted by molar-refractivity contribution is 7.14. The molecule has 1 saturated heterocycles. The van der Waals surface area contributed by atoms with E-state index in [1.54, 1.807) is 11.0 Å². The Balaban J connectivity index is 1.50. The zero-order valence-electron chi connectivity index (χ0n) is 14.7. The summed E-state index contributed by atoms with van der Waals surface area (Å²) < 4.78 is 0. The van der Waals surface area contributed by atoms with Gasteiger partial charge in [0.2, 0.25) is 0 Å². The molecule has 0 spiro atoms. The van der Waals surface area contributed by atoms with Crippen molar-refractivity contribution < 1.29 is 9.59 Å². The molecule has 1 aromatic heterocycles. The summed E-state index contributed by atoms with van der Waals surface area (Å²) in [5.74, 6) is -0.211. The van der Waals surface area contributed by atoms with Crippen molar-refractivity contribution in [1.82, 2.24) is 4.90 Å². The molecule has 1 aliphatic heterocycles. The average Bonchev–Trinajstić information content (AvgIpc) is 3.29. The van der Waals surface area contributed by atoms with Crippen molar-refractivity contribution in [3.63, 3.8) is 0 Å². The number of piperidine rings is 1. The van der Waals surface area contributed by atoms with Crippen LogP contribution in [0.2, 0.25) is 0 Å². The first-order chi connectivity index (χ1) is 12.6. The number of nitrogens with zero attached hydrogens (tertiary/aromatic N) is 1. The minimum atomic E-state index is -0.161. The molecule has 1 atom stereocenters. The van der Waals surface area contributed by atoms with Crippen molar-refractivity contribution in [2.24, 2.45) is 5.73 Å². The molecule has 6 heteroatoms. The second-order valence-corrected chi connectivity index (χ2v) is 8.02. The number of benzene rings is 1. The summed E-state index contributed by atoms with van der Waals surface area (Å²) >= 11 is 1.38. The Bertz CT molecular complexity index is 845. The molecule has 3 N–H and O–H groups in total. The summed E-state index contributed by atoms with van der Waals surface area (Å²) in [7, 11) is 0. The summed E-state index contributed by atoms with van der Waals surface area (Å²) in [6.45, 7) is 1.30. The highest BCUT2D eigenvalue weighted by Crippen LogP contribution is 2.27. The number of likely N-dealkylation sites (tertiary alicyclic amines) is 1. The van der Waals surface area contributed by atoms with Gasteiger partial charge in [-0.3, -0.25) is 9.59 Å². The van der Waals surface area contributed by atoms with Crippen LogP contribution in [0.1, 0.15) is 51.1 Å². The van der Waals surface area contributed by atoms with E-state index >= 15 is 0 Å². The van der Waals surface area contributed by atoms with Crippen molar-refractivity contribution in [3.8, 4) is 0 Å². The van der Waals surface area contributed by atoms with E-state index in [1.165, 1.54) is 22.5 Å². The normalized spacial score (nSPS) is 19.3. The Morgan fingerprint density at radius 1 is 1.15 bits per heavy atom. The molecule has 4 rings (SSSR count). The molecule has 136 valence electrons. The number of carbonyl (C=O) groups is 2. The van der Waals surface area contributed by atoms with Crippen LogP contribution in [0.15, 0.2) is 29.6 Å². The Morgan fingerprint density at radius 3 is 2.85 bits per heavy atom. The second kappa shape index (κ2) is 7.21. The summed E-state index contributed by atoms with van der Waals surface area (Å²) in [6.07, 6.45) is 5.17. The molecule has 0 radical (unpaired) electrons. The zero-order chi connectivity index (χ0) is 18.1. The first kappa shape index (κ1) is 17.2. The maximum atomic E-state index is 12.8. The third-order valence-corrected chi connectivity index (χ3v) is 6.06. The van der Waals surface area contributed by atoms with Gasteiger partial charge in [-0.2, -0.15) is 0 Å². The van der Waals surface area contributed by atoms with Crippen molar-refractivity contribution in [3.05, 3.63) is 51.9 Å². The standard InChI is InChI=1S/C20H23N3O2S/c21-16-5-2-9-23(12-16)20(25)17-8-10-26-19(17)22-18(24)15-7-6-13-3-1-4-14(13)11-15/h6-8,10-11,16H,1-5,9,12,21H2,(H,22,24). The van der Waals surface area contributed by atoms with E-state index in [-0.39, 0.29) is 17.9 Å². The first-order valence-corrected chi connectivity index (χ1v) is 10.1. The number of anilines is 1. The topological polar surface area (TPSA) is 75.4 Å².